The molecule has 0 aliphatic carbocycles. The van der Waals surface area contributed by atoms with Gasteiger partial charge in [-0.05, 0) is 48.5 Å². The van der Waals surface area contributed by atoms with Crippen LogP contribution in [0.4, 0.5) is 10.1 Å². The third-order valence-electron chi connectivity index (χ3n) is 3.27. The molecule has 2 aromatic rings. The topological polar surface area (TPSA) is 110 Å². The fourth-order valence-electron chi connectivity index (χ4n) is 1.95. The highest BCUT2D eigenvalue weighted by Gasteiger charge is 2.12. The highest BCUT2D eigenvalue weighted by molar-refractivity contribution is 6.02. The Bertz CT molecular complexity index is 887. The van der Waals surface area contributed by atoms with E-state index < -0.39 is 36.1 Å². The standard InChI is InChI=1S/C19H14FNO6/c20-14-5-1-12(2-6-14)16(22)11-27-19(26)13-3-7-15(8-4-13)21-17(23)9-10-18(24)25/h1-10H,11H2,(H,21,23)(H,24,25)/b10-9+. The van der Waals surface area contributed by atoms with Crippen molar-refractivity contribution in [1.29, 1.82) is 0 Å². The second-order valence-corrected chi connectivity index (χ2v) is 5.24. The van der Waals surface area contributed by atoms with Crippen molar-refractivity contribution in [3.05, 3.63) is 77.6 Å². The van der Waals surface area contributed by atoms with Crippen molar-refractivity contribution in [3.8, 4) is 0 Å². The summed E-state index contributed by atoms with van der Waals surface area (Å²) in [4.78, 5) is 45.6. The molecule has 8 heteroatoms. The zero-order chi connectivity index (χ0) is 19.8. The summed E-state index contributed by atoms with van der Waals surface area (Å²) < 4.78 is 17.7. The number of carboxylic acids is 1. The molecule has 0 heterocycles. The zero-order valence-electron chi connectivity index (χ0n) is 13.8. The summed E-state index contributed by atoms with van der Waals surface area (Å²) in [6.07, 6.45) is 1.55. The summed E-state index contributed by atoms with van der Waals surface area (Å²) in [5.74, 6) is -3.59. The molecule has 0 spiro atoms. The summed E-state index contributed by atoms with van der Waals surface area (Å²) in [6, 6.07) is 10.4. The van der Waals surface area contributed by atoms with E-state index in [-0.39, 0.29) is 11.1 Å². The zero-order valence-corrected chi connectivity index (χ0v) is 13.8. The molecule has 27 heavy (non-hydrogen) atoms. The van der Waals surface area contributed by atoms with Gasteiger partial charge in [-0.2, -0.15) is 0 Å². The monoisotopic (exact) mass is 371 g/mol. The average Bonchev–Trinajstić information content (AvgIpc) is 2.65. The van der Waals surface area contributed by atoms with Gasteiger partial charge in [0.2, 0.25) is 5.91 Å². The number of ketones is 1. The Labute approximate surface area is 153 Å². The van der Waals surface area contributed by atoms with Gasteiger partial charge in [-0.3, -0.25) is 9.59 Å². The van der Waals surface area contributed by atoms with Crippen LogP contribution in [0.5, 0.6) is 0 Å². The molecular weight excluding hydrogens is 357 g/mol. The average molecular weight is 371 g/mol. The molecule has 2 N–H and O–H groups in total. The Balaban J connectivity index is 1.89. The summed E-state index contributed by atoms with van der Waals surface area (Å²) >= 11 is 0. The fourth-order valence-corrected chi connectivity index (χ4v) is 1.95. The maximum Gasteiger partial charge on any atom is 0.338 e. The Kier molecular flexibility index (Phi) is 6.54. The number of amides is 1. The highest BCUT2D eigenvalue weighted by Crippen LogP contribution is 2.11. The first kappa shape index (κ1) is 19.5. The molecule has 0 atom stereocenters. The minimum absolute atomic E-state index is 0.154. The van der Waals surface area contributed by atoms with E-state index in [2.05, 4.69) is 5.32 Å². The van der Waals surface area contributed by atoms with E-state index in [9.17, 15) is 23.6 Å². The van der Waals surface area contributed by atoms with Crippen LogP contribution in [0, 0.1) is 5.82 Å². The van der Waals surface area contributed by atoms with E-state index in [0.717, 1.165) is 18.2 Å². The van der Waals surface area contributed by atoms with Crippen molar-refractivity contribution in [2.45, 2.75) is 0 Å². The van der Waals surface area contributed by atoms with E-state index in [1.54, 1.807) is 0 Å². The number of benzene rings is 2. The minimum Gasteiger partial charge on any atom is -0.478 e. The number of hydrogen-bond donors (Lipinski definition) is 2. The van der Waals surface area contributed by atoms with Crippen LogP contribution in [0.25, 0.3) is 0 Å². The van der Waals surface area contributed by atoms with E-state index in [1.165, 1.54) is 36.4 Å². The molecule has 0 aliphatic rings. The van der Waals surface area contributed by atoms with Crippen molar-refractivity contribution in [1.82, 2.24) is 0 Å². The van der Waals surface area contributed by atoms with Gasteiger partial charge in [0.1, 0.15) is 5.82 Å². The van der Waals surface area contributed by atoms with Crippen LogP contribution >= 0.6 is 0 Å². The first-order chi connectivity index (χ1) is 12.8. The number of anilines is 1. The molecule has 0 radical (unpaired) electrons. The third-order valence-corrected chi connectivity index (χ3v) is 3.27. The molecule has 0 fully saturated rings. The van der Waals surface area contributed by atoms with Gasteiger partial charge < -0.3 is 15.2 Å². The number of carboxylic acid groups (broad SMARTS) is 1. The van der Waals surface area contributed by atoms with Crippen molar-refractivity contribution in [3.63, 3.8) is 0 Å². The normalized spacial score (nSPS) is 10.4. The molecule has 0 unspecified atom stereocenters. The predicted molar refractivity (Wildman–Crippen MR) is 92.9 cm³/mol. The number of aliphatic carboxylic acids is 1. The number of halogens is 1. The van der Waals surface area contributed by atoms with Crippen molar-refractivity contribution >= 4 is 29.3 Å². The van der Waals surface area contributed by atoms with Crippen molar-refractivity contribution < 1.29 is 33.4 Å². The van der Waals surface area contributed by atoms with E-state index >= 15 is 0 Å². The van der Waals surface area contributed by atoms with Gasteiger partial charge in [-0.25, -0.2) is 14.0 Å². The lowest BCUT2D eigenvalue weighted by Gasteiger charge is -2.06. The Hall–Kier alpha value is -3.81. The lowest BCUT2D eigenvalue weighted by Crippen LogP contribution is -2.14. The van der Waals surface area contributed by atoms with Gasteiger partial charge in [-0.1, -0.05) is 0 Å². The molecule has 0 bridgehead atoms. The SMILES string of the molecule is O=C(O)/C=C/C(=O)Nc1ccc(C(=O)OCC(=O)c2ccc(F)cc2)cc1. The van der Waals surface area contributed by atoms with Crippen LogP contribution in [0.3, 0.4) is 0 Å². The first-order valence-corrected chi connectivity index (χ1v) is 7.63. The number of ether oxygens (including phenoxy) is 1. The van der Waals surface area contributed by atoms with Crippen molar-refractivity contribution in [2.24, 2.45) is 0 Å². The highest BCUT2D eigenvalue weighted by atomic mass is 19.1. The summed E-state index contributed by atoms with van der Waals surface area (Å²) in [5.41, 5.74) is 0.714. The van der Waals surface area contributed by atoms with Crippen LogP contribution in [-0.2, 0) is 14.3 Å². The Morgan fingerprint density at radius 2 is 1.52 bits per heavy atom. The van der Waals surface area contributed by atoms with Crippen LogP contribution < -0.4 is 5.32 Å². The summed E-state index contributed by atoms with van der Waals surface area (Å²) in [5, 5.41) is 10.9. The van der Waals surface area contributed by atoms with Gasteiger partial charge in [0.25, 0.3) is 0 Å². The maximum absolute atomic E-state index is 12.8. The van der Waals surface area contributed by atoms with Gasteiger partial charge in [0, 0.05) is 23.4 Å². The lowest BCUT2D eigenvalue weighted by atomic mass is 10.1. The number of carbonyl (C=O) groups is 4. The number of carbonyl (C=O) groups excluding carboxylic acids is 3. The quantitative estimate of drug-likeness (QED) is 0.439. The van der Waals surface area contributed by atoms with E-state index in [0.29, 0.717) is 11.8 Å². The molecule has 138 valence electrons. The number of hydrogen-bond acceptors (Lipinski definition) is 5. The Morgan fingerprint density at radius 1 is 0.926 bits per heavy atom. The smallest absolute Gasteiger partial charge is 0.338 e. The second-order valence-electron chi connectivity index (χ2n) is 5.24. The molecule has 2 aromatic carbocycles. The van der Waals surface area contributed by atoms with Crippen LogP contribution in [-0.4, -0.2) is 35.3 Å². The van der Waals surface area contributed by atoms with Crippen LogP contribution in [0.15, 0.2) is 60.7 Å². The minimum atomic E-state index is -1.25. The summed E-state index contributed by atoms with van der Waals surface area (Å²) in [6.45, 7) is -0.497. The number of Topliss-reactive ketones (excluding diaryl/α,β-unsaturated/α-hetero) is 1. The van der Waals surface area contributed by atoms with Gasteiger partial charge >= 0.3 is 11.9 Å². The summed E-state index contributed by atoms with van der Waals surface area (Å²) in [7, 11) is 0. The maximum atomic E-state index is 12.8. The molecular formula is C19H14FNO6. The number of rotatable bonds is 7. The van der Waals surface area contributed by atoms with E-state index in [1.807, 2.05) is 0 Å². The molecule has 1 amide bonds. The van der Waals surface area contributed by atoms with Gasteiger partial charge in [-0.15, -0.1) is 0 Å². The largest absolute Gasteiger partial charge is 0.478 e. The first-order valence-electron chi connectivity index (χ1n) is 7.63. The molecule has 0 saturated heterocycles. The molecule has 7 nitrogen and oxygen atoms in total. The van der Waals surface area contributed by atoms with E-state index in [4.69, 9.17) is 9.84 Å². The van der Waals surface area contributed by atoms with Crippen LogP contribution in [0.2, 0.25) is 0 Å². The lowest BCUT2D eigenvalue weighted by molar-refractivity contribution is -0.131. The fraction of sp³-hybridized carbons (Fsp3) is 0.0526. The molecule has 0 aliphatic heterocycles. The predicted octanol–water partition coefficient (Wildman–Crippen LogP) is 2.44. The van der Waals surface area contributed by atoms with Crippen molar-refractivity contribution in [2.75, 3.05) is 11.9 Å². The van der Waals surface area contributed by atoms with Gasteiger partial charge in [0.15, 0.2) is 12.4 Å². The molecule has 0 saturated carbocycles. The Morgan fingerprint density at radius 3 is 2.11 bits per heavy atom. The molecule has 0 aromatic heterocycles. The second kappa shape index (κ2) is 9.04. The number of esters is 1. The van der Waals surface area contributed by atoms with Crippen LogP contribution in [0.1, 0.15) is 20.7 Å². The molecule has 2 rings (SSSR count). The third kappa shape index (κ3) is 6.20. The number of nitrogens with one attached hydrogen (secondary N) is 1. The van der Waals surface area contributed by atoms with Gasteiger partial charge in [0.05, 0.1) is 5.56 Å².